The Bertz CT molecular complexity index is 824. The number of hydrogen-bond acceptors (Lipinski definition) is 5. The molecule has 126 valence electrons. The van der Waals surface area contributed by atoms with Gasteiger partial charge in [-0.1, -0.05) is 35.9 Å². The van der Waals surface area contributed by atoms with Crippen molar-refractivity contribution in [2.75, 3.05) is 36.0 Å². The van der Waals surface area contributed by atoms with Crippen molar-refractivity contribution < 1.29 is 0 Å². The van der Waals surface area contributed by atoms with Crippen LogP contribution in [0, 0.1) is 6.92 Å². The molecular weight excluding hydrogens is 310 g/mol. The number of pyridine rings is 1. The SMILES string of the molecule is Cc1ccc(-c2cncc(N3CCN(c4ccccn4)CC3)n2)cc1. The highest BCUT2D eigenvalue weighted by Crippen LogP contribution is 2.21. The van der Waals surface area contributed by atoms with Gasteiger partial charge in [-0.3, -0.25) is 4.98 Å². The second-order valence-electron chi connectivity index (χ2n) is 6.29. The number of hydrogen-bond donors (Lipinski definition) is 0. The molecule has 0 amide bonds. The molecule has 2 aromatic heterocycles. The van der Waals surface area contributed by atoms with E-state index in [9.17, 15) is 0 Å². The van der Waals surface area contributed by atoms with Gasteiger partial charge < -0.3 is 9.80 Å². The number of anilines is 2. The van der Waals surface area contributed by atoms with Gasteiger partial charge in [-0.05, 0) is 19.1 Å². The summed E-state index contributed by atoms with van der Waals surface area (Å²) in [6.45, 7) is 5.80. The Balaban J connectivity index is 1.48. The van der Waals surface area contributed by atoms with Crippen LogP contribution in [0.15, 0.2) is 61.1 Å². The van der Waals surface area contributed by atoms with E-state index in [0.717, 1.165) is 49.1 Å². The van der Waals surface area contributed by atoms with Crippen LogP contribution in [0.2, 0.25) is 0 Å². The van der Waals surface area contributed by atoms with Crippen molar-refractivity contribution in [2.24, 2.45) is 0 Å². The minimum absolute atomic E-state index is 0.919. The maximum absolute atomic E-state index is 4.82. The maximum Gasteiger partial charge on any atom is 0.147 e. The monoisotopic (exact) mass is 331 g/mol. The minimum atomic E-state index is 0.919. The molecule has 5 heteroatoms. The summed E-state index contributed by atoms with van der Waals surface area (Å²) in [5.41, 5.74) is 3.27. The third-order valence-corrected chi connectivity index (χ3v) is 4.55. The first kappa shape index (κ1) is 15.6. The fourth-order valence-corrected chi connectivity index (χ4v) is 3.08. The molecule has 1 aliphatic heterocycles. The molecule has 1 saturated heterocycles. The van der Waals surface area contributed by atoms with Crippen LogP contribution in [0.5, 0.6) is 0 Å². The van der Waals surface area contributed by atoms with Gasteiger partial charge in [0.2, 0.25) is 0 Å². The van der Waals surface area contributed by atoms with Gasteiger partial charge in [0.25, 0.3) is 0 Å². The zero-order valence-corrected chi connectivity index (χ0v) is 14.3. The van der Waals surface area contributed by atoms with Gasteiger partial charge in [-0.25, -0.2) is 9.97 Å². The lowest BCUT2D eigenvalue weighted by Gasteiger charge is -2.35. The fraction of sp³-hybridized carbons (Fsp3) is 0.250. The molecule has 4 rings (SSSR count). The van der Waals surface area contributed by atoms with Crippen molar-refractivity contribution in [2.45, 2.75) is 6.92 Å². The summed E-state index contributed by atoms with van der Waals surface area (Å²) in [6, 6.07) is 14.5. The summed E-state index contributed by atoms with van der Waals surface area (Å²) >= 11 is 0. The van der Waals surface area contributed by atoms with Crippen LogP contribution >= 0.6 is 0 Å². The molecule has 0 unspecified atom stereocenters. The molecular formula is C20H21N5. The van der Waals surface area contributed by atoms with E-state index in [1.54, 1.807) is 0 Å². The molecule has 1 fully saturated rings. The largest absolute Gasteiger partial charge is 0.353 e. The van der Waals surface area contributed by atoms with E-state index < -0.39 is 0 Å². The van der Waals surface area contributed by atoms with Gasteiger partial charge in [-0.2, -0.15) is 0 Å². The lowest BCUT2D eigenvalue weighted by molar-refractivity contribution is 0.641. The smallest absolute Gasteiger partial charge is 0.147 e. The summed E-state index contributed by atoms with van der Waals surface area (Å²) in [4.78, 5) is 18.3. The van der Waals surface area contributed by atoms with E-state index in [0.29, 0.717) is 0 Å². The second kappa shape index (κ2) is 6.89. The van der Waals surface area contributed by atoms with Crippen LogP contribution in [0.4, 0.5) is 11.6 Å². The molecule has 0 spiro atoms. The normalized spacial score (nSPS) is 14.6. The standard InChI is InChI=1S/C20H21N5/c1-16-5-7-17(8-6-16)18-14-21-15-20(23-18)25-12-10-24(11-13-25)19-4-2-3-9-22-19/h2-9,14-15H,10-13H2,1H3. The highest BCUT2D eigenvalue weighted by atomic mass is 15.3. The van der Waals surface area contributed by atoms with Crippen LogP contribution in [0.25, 0.3) is 11.3 Å². The van der Waals surface area contributed by atoms with Crippen molar-refractivity contribution in [3.8, 4) is 11.3 Å². The van der Waals surface area contributed by atoms with E-state index in [1.807, 2.05) is 30.7 Å². The zero-order valence-electron chi connectivity index (χ0n) is 14.3. The number of aryl methyl sites for hydroxylation is 1. The van der Waals surface area contributed by atoms with E-state index in [-0.39, 0.29) is 0 Å². The topological polar surface area (TPSA) is 45.2 Å². The number of benzene rings is 1. The quantitative estimate of drug-likeness (QED) is 0.737. The van der Waals surface area contributed by atoms with Crippen LogP contribution in [-0.2, 0) is 0 Å². The third kappa shape index (κ3) is 3.45. The highest BCUT2D eigenvalue weighted by molar-refractivity contribution is 5.60. The molecule has 1 aromatic carbocycles. The number of rotatable bonds is 3. The van der Waals surface area contributed by atoms with Crippen molar-refractivity contribution in [1.29, 1.82) is 0 Å². The molecule has 3 heterocycles. The van der Waals surface area contributed by atoms with Crippen molar-refractivity contribution in [3.05, 3.63) is 66.6 Å². The minimum Gasteiger partial charge on any atom is -0.353 e. The molecule has 0 saturated carbocycles. The van der Waals surface area contributed by atoms with Crippen molar-refractivity contribution >= 4 is 11.6 Å². The maximum atomic E-state index is 4.82. The number of nitrogens with zero attached hydrogens (tertiary/aromatic N) is 5. The number of piperazine rings is 1. The van der Waals surface area contributed by atoms with Gasteiger partial charge in [-0.15, -0.1) is 0 Å². The summed E-state index contributed by atoms with van der Waals surface area (Å²) in [5.74, 6) is 1.99. The Morgan fingerprint density at radius 2 is 1.52 bits per heavy atom. The summed E-state index contributed by atoms with van der Waals surface area (Å²) in [5, 5.41) is 0. The Labute approximate surface area is 148 Å². The Morgan fingerprint density at radius 1 is 0.800 bits per heavy atom. The predicted octanol–water partition coefficient (Wildman–Crippen LogP) is 3.17. The van der Waals surface area contributed by atoms with E-state index in [2.05, 4.69) is 57.0 Å². The van der Waals surface area contributed by atoms with Gasteiger partial charge in [0, 0.05) is 37.9 Å². The zero-order chi connectivity index (χ0) is 17.1. The molecule has 0 atom stereocenters. The number of aromatic nitrogens is 3. The molecule has 0 radical (unpaired) electrons. The lowest BCUT2D eigenvalue weighted by Crippen LogP contribution is -2.47. The molecule has 25 heavy (non-hydrogen) atoms. The average molecular weight is 331 g/mol. The Kier molecular flexibility index (Phi) is 4.29. The van der Waals surface area contributed by atoms with Crippen molar-refractivity contribution in [3.63, 3.8) is 0 Å². The van der Waals surface area contributed by atoms with Crippen LogP contribution in [-0.4, -0.2) is 41.1 Å². The van der Waals surface area contributed by atoms with E-state index >= 15 is 0 Å². The van der Waals surface area contributed by atoms with Gasteiger partial charge in [0.1, 0.15) is 11.6 Å². The van der Waals surface area contributed by atoms with Crippen LogP contribution < -0.4 is 9.80 Å². The summed E-state index contributed by atoms with van der Waals surface area (Å²) < 4.78 is 0. The molecule has 3 aromatic rings. The first-order chi connectivity index (χ1) is 12.3. The summed E-state index contributed by atoms with van der Waals surface area (Å²) in [6.07, 6.45) is 5.53. The van der Waals surface area contributed by atoms with Crippen LogP contribution in [0.1, 0.15) is 5.56 Å². The van der Waals surface area contributed by atoms with Gasteiger partial charge >= 0.3 is 0 Å². The predicted molar refractivity (Wildman–Crippen MR) is 101 cm³/mol. The average Bonchev–Trinajstić information content (AvgIpc) is 2.69. The van der Waals surface area contributed by atoms with E-state index in [4.69, 9.17) is 4.98 Å². The molecule has 0 bridgehead atoms. The molecule has 0 aliphatic carbocycles. The molecule has 5 nitrogen and oxygen atoms in total. The highest BCUT2D eigenvalue weighted by Gasteiger charge is 2.19. The van der Waals surface area contributed by atoms with E-state index in [1.165, 1.54) is 5.56 Å². The first-order valence-electron chi connectivity index (χ1n) is 8.59. The molecule has 1 aliphatic rings. The third-order valence-electron chi connectivity index (χ3n) is 4.55. The lowest BCUT2D eigenvalue weighted by atomic mass is 10.1. The second-order valence-corrected chi connectivity index (χ2v) is 6.29. The fourth-order valence-electron chi connectivity index (χ4n) is 3.08. The van der Waals surface area contributed by atoms with Crippen LogP contribution in [0.3, 0.4) is 0 Å². The summed E-state index contributed by atoms with van der Waals surface area (Å²) in [7, 11) is 0. The van der Waals surface area contributed by atoms with Crippen molar-refractivity contribution in [1.82, 2.24) is 15.0 Å². The molecule has 0 N–H and O–H groups in total. The van der Waals surface area contributed by atoms with Gasteiger partial charge in [0.05, 0.1) is 18.1 Å². The Hall–Kier alpha value is -2.95. The van der Waals surface area contributed by atoms with Gasteiger partial charge in [0.15, 0.2) is 0 Å². The Morgan fingerprint density at radius 3 is 2.20 bits per heavy atom. The first-order valence-corrected chi connectivity index (χ1v) is 8.59.